The maximum Gasteiger partial charge on any atom is 0.435 e. The van der Waals surface area contributed by atoms with Crippen molar-refractivity contribution in [2.75, 3.05) is 5.32 Å². The summed E-state index contributed by atoms with van der Waals surface area (Å²) in [5.74, 6) is -1.29. The molecule has 1 N–H and O–H groups in total. The van der Waals surface area contributed by atoms with Crippen LogP contribution in [0.1, 0.15) is 27.2 Å². The lowest BCUT2D eigenvalue weighted by Crippen LogP contribution is -2.50. The smallest absolute Gasteiger partial charge is 0.320 e. The average Bonchev–Trinajstić information content (AvgIpc) is 2.59. The Morgan fingerprint density at radius 1 is 0.935 bits per heavy atom. The van der Waals surface area contributed by atoms with Gasteiger partial charge < -0.3 is 5.32 Å². The van der Waals surface area contributed by atoms with Gasteiger partial charge in [-0.05, 0) is 30.7 Å². The quantitative estimate of drug-likeness (QED) is 0.395. The summed E-state index contributed by atoms with van der Waals surface area (Å²) in [5.41, 5.74) is -13.1. The molecule has 31 heavy (non-hydrogen) atoms. The molecule has 0 fully saturated rings. The van der Waals surface area contributed by atoms with E-state index in [1.165, 1.54) is 12.1 Å². The number of carbonyl (C=O) groups is 1. The summed E-state index contributed by atoms with van der Waals surface area (Å²) >= 11 is 5.56. The lowest BCUT2D eigenvalue weighted by atomic mass is 9.90. The Hall–Kier alpha value is -2.57. The molecule has 0 aliphatic rings. The molecule has 14 heteroatoms. The van der Waals surface area contributed by atoms with Crippen molar-refractivity contribution in [1.82, 2.24) is 4.98 Å². The van der Waals surface area contributed by atoms with Crippen LogP contribution in [0.2, 0.25) is 5.15 Å². The van der Waals surface area contributed by atoms with Crippen LogP contribution in [0.4, 0.5) is 49.6 Å². The topological polar surface area (TPSA) is 42.0 Å². The predicted octanol–water partition coefficient (Wildman–Crippen LogP) is 6.60. The molecule has 0 unspecified atom stereocenters. The van der Waals surface area contributed by atoms with Gasteiger partial charge in [-0.15, -0.1) is 0 Å². The predicted molar refractivity (Wildman–Crippen MR) is 88.3 cm³/mol. The Bertz CT molecular complexity index is 984. The fraction of sp³-hybridized carbons (Fsp3) is 0.294. The van der Waals surface area contributed by atoms with Crippen molar-refractivity contribution in [3.8, 4) is 0 Å². The zero-order chi connectivity index (χ0) is 24.0. The summed E-state index contributed by atoms with van der Waals surface area (Å²) < 4.78 is 132. The molecule has 0 saturated heterocycles. The van der Waals surface area contributed by atoms with Gasteiger partial charge in [-0.25, -0.2) is 9.37 Å². The van der Waals surface area contributed by atoms with Gasteiger partial charge in [0.05, 0.1) is 11.3 Å². The number of hydrogen-bond acceptors (Lipinski definition) is 2. The molecule has 1 aromatic carbocycles. The molecular formula is C17H9ClF10N2O. The van der Waals surface area contributed by atoms with Gasteiger partial charge in [-0.2, -0.15) is 39.5 Å². The number of benzene rings is 1. The first-order chi connectivity index (χ1) is 13.9. The van der Waals surface area contributed by atoms with Crippen LogP contribution < -0.4 is 5.32 Å². The van der Waals surface area contributed by atoms with Crippen LogP contribution in [-0.2, 0) is 11.8 Å². The van der Waals surface area contributed by atoms with Gasteiger partial charge in [0.1, 0.15) is 10.8 Å². The summed E-state index contributed by atoms with van der Waals surface area (Å²) in [6.07, 6.45) is -18.8. The maximum atomic E-state index is 14.3. The monoisotopic (exact) mass is 482 g/mol. The van der Waals surface area contributed by atoms with Crippen molar-refractivity contribution in [2.45, 2.75) is 31.1 Å². The molecule has 1 aromatic heterocycles. The van der Waals surface area contributed by atoms with Gasteiger partial charge in [0.15, 0.2) is 0 Å². The Kier molecular flexibility index (Phi) is 6.25. The van der Waals surface area contributed by atoms with Crippen molar-refractivity contribution in [3.63, 3.8) is 0 Å². The molecule has 0 radical (unpaired) electrons. The van der Waals surface area contributed by atoms with Crippen molar-refractivity contribution in [3.05, 3.63) is 57.9 Å². The third-order valence-electron chi connectivity index (χ3n) is 4.01. The molecule has 2 rings (SSSR count). The fourth-order valence-corrected chi connectivity index (χ4v) is 2.74. The molecule has 0 aliphatic carbocycles. The SMILES string of the molecule is Cc1cc(C(F)(C(F)(F)F)C(F)(F)F)cc(C(F)(F)F)c1NC(=O)c1cccc(Cl)n1. The molecule has 170 valence electrons. The van der Waals surface area contributed by atoms with Gasteiger partial charge in [-0.3, -0.25) is 4.79 Å². The molecule has 3 nitrogen and oxygen atoms in total. The van der Waals surface area contributed by atoms with E-state index in [0.717, 1.165) is 6.07 Å². The van der Waals surface area contributed by atoms with Crippen LogP contribution in [0, 0.1) is 6.92 Å². The minimum absolute atomic E-state index is 0.0722. The van der Waals surface area contributed by atoms with E-state index in [1.54, 1.807) is 5.32 Å². The standard InChI is InChI=1S/C17H9ClF10N2O/c1-7-5-8(14(19,16(23,24)25)17(26,27)28)6-9(15(20,21)22)12(7)30-13(31)10-3-2-4-11(18)29-10/h2-6H,1H3,(H,30,31). The van der Waals surface area contributed by atoms with Crippen LogP contribution in [0.25, 0.3) is 0 Å². The van der Waals surface area contributed by atoms with Crippen molar-refractivity contribution >= 4 is 23.2 Å². The number of hydrogen-bond donors (Lipinski definition) is 1. The third kappa shape index (κ3) is 4.70. The Morgan fingerprint density at radius 3 is 1.94 bits per heavy atom. The summed E-state index contributed by atoms with van der Waals surface area (Å²) in [6, 6.07) is 2.77. The zero-order valence-electron chi connectivity index (χ0n) is 14.9. The lowest BCUT2D eigenvalue weighted by molar-refractivity contribution is -0.348. The summed E-state index contributed by atoms with van der Waals surface area (Å²) in [5, 5.41) is 1.51. The van der Waals surface area contributed by atoms with Gasteiger partial charge in [0.2, 0.25) is 0 Å². The van der Waals surface area contributed by atoms with Gasteiger partial charge in [0.25, 0.3) is 5.91 Å². The van der Waals surface area contributed by atoms with Gasteiger partial charge in [0, 0.05) is 5.56 Å². The number of nitrogens with one attached hydrogen (secondary N) is 1. The molecule has 0 aliphatic heterocycles. The van der Waals surface area contributed by atoms with Crippen molar-refractivity contribution in [1.29, 1.82) is 0 Å². The average molecular weight is 483 g/mol. The molecule has 2 aromatic rings. The highest BCUT2D eigenvalue weighted by atomic mass is 35.5. The second kappa shape index (κ2) is 7.84. The Morgan fingerprint density at radius 2 is 1.48 bits per heavy atom. The number of aromatic nitrogens is 1. The number of pyridine rings is 1. The molecule has 0 saturated carbocycles. The van der Waals surface area contributed by atoms with E-state index in [-0.39, 0.29) is 11.2 Å². The first-order valence-electron chi connectivity index (χ1n) is 7.88. The van der Waals surface area contributed by atoms with Gasteiger partial charge >= 0.3 is 24.2 Å². The molecule has 0 bridgehead atoms. The Labute approximate surface area is 172 Å². The van der Waals surface area contributed by atoms with E-state index in [0.29, 0.717) is 6.92 Å². The maximum absolute atomic E-state index is 14.3. The summed E-state index contributed by atoms with van der Waals surface area (Å²) in [7, 11) is 0. The van der Waals surface area contributed by atoms with Crippen molar-refractivity contribution in [2.24, 2.45) is 0 Å². The summed E-state index contributed by atoms with van der Waals surface area (Å²) in [6.45, 7) is 0.674. The van der Waals surface area contributed by atoms with Crippen LogP contribution in [-0.4, -0.2) is 23.2 Å². The van der Waals surface area contributed by atoms with E-state index in [1.807, 2.05) is 0 Å². The number of amides is 1. The minimum Gasteiger partial charge on any atom is -0.320 e. The van der Waals surface area contributed by atoms with Crippen LogP contribution in [0.5, 0.6) is 0 Å². The number of rotatable bonds is 3. The van der Waals surface area contributed by atoms with Crippen molar-refractivity contribution < 1.29 is 48.7 Å². The van der Waals surface area contributed by atoms with E-state index in [9.17, 15) is 48.7 Å². The molecule has 0 atom stereocenters. The molecular weight excluding hydrogens is 474 g/mol. The number of alkyl halides is 10. The van der Waals surface area contributed by atoms with Crippen LogP contribution >= 0.6 is 11.6 Å². The number of halogens is 11. The number of nitrogens with zero attached hydrogens (tertiary/aromatic N) is 1. The highest BCUT2D eigenvalue weighted by Crippen LogP contribution is 2.54. The fourth-order valence-electron chi connectivity index (χ4n) is 2.58. The highest BCUT2D eigenvalue weighted by molar-refractivity contribution is 6.29. The van der Waals surface area contributed by atoms with Gasteiger partial charge in [-0.1, -0.05) is 23.7 Å². The van der Waals surface area contributed by atoms with Crippen LogP contribution in [0.3, 0.4) is 0 Å². The van der Waals surface area contributed by atoms with Crippen LogP contribution in [0.15, 0.2) is 30.3 Å². The second-order valence-corrected chi connectivity index (χ2v) is 6.55. The normalized spacial score (nSPS) is 13.3. The second-order valence-electron chi connectivity index (χ2n) is 6.17. The molecule has 1 amide bonds. The van der Waals surface area contributed by atoms with E-state index < -0.39 is 64.2 Å². The number of carbonyl (C=O) groups excluding carboxylic acids is 1. The number of anilines is 1. The molecule has 0 spiro atoms. The zero-order valence-corrected chi connectivity index (χ0v) is 15.7. The first-order valence-corrected chi connectivity index (χ1v) is 8.26. The largest absolute Gasteiger partial charge is 0.435 e. The minimum atomic E-state index is -6.62. The van der Waals surface area contributed by atoms with E-state index in [2.05, 4.69) is 4.98 Å². The highest BCUT2D eigenvalue weighted by Gasteiger charge is 2.73. The lowest BCUT2D eigenvalue weighted by Gasteiger charge is -2.31. The summed E-state index contributed by atoms with van der Waals surface area (Å²) in [4.78, 5) is 15.7. The number of aryl methyl sites for hydroxylation is 1. The third-order valence-corrected chi connectivity index (χ3v) is 4.22. The van der Waals surface area contributed by atoms with E-state index >= 15 is 0 Å². The Balaban J connectivity index is 2.70. The van der Waals surface area contributed by atoms with E-state index in [4.69, 9.17) is 11.6 Å². The molecule has 1 heterocycles. The first kappa shape index (κ1) is 24.7.